The highest BCUT2D eigenvalue weighted by atomic mass is 19.1. The van der Waals surface area contributed by atoms with E-state index in [-0.39, 0.29) is 5.92 Å². The number of hydrogen-bond donors (Lipinski definition) is 1. The number of carboxylic acid groups (broad SMARTS) is 1. The molecule has 0 aliphatic heterocycles. The number of allylic oxidation sites excluding steroid dienone is 1. The summed E-state index contributed by atoms with van der Waals surface area (Å²) in [5, 5.41) is 8.73. The van der Waals surface area contributed by atoms with Crippen LogP contribution in [0.25, 0.3) is 0 Å². The zero-order valence-electron chi connectivity index (χ0n) is 7.58. The van der Waals surface area contributed by atoms with Crippen molar-refractivity contribution in [2.45, 2.75) is 32.1 Å². The van der Waals surface area contributed by atoms with Crippen LogP contribution in [-0.4, -0.2) is 11.1 Å². The first kappa shape index (κ1) is 10.2. The van der Waals surface area contributed by atoms with Crippen molar-refractivity contribution in [1.29, 1.82) is 0 Å². The number of carboxylic acids is 1. The van der Waals surface area contributed by atoms with Gasteiger partial charge in [-0.15, -0.1) is 0 Å². The minimum Gasteiger partial charge on any atom is -0.481 e. The largest absolute Gasteiger partial charge is 0.481 e. The van der Waals surface area contributed by atoms with E-state index < -0.39 is 5.97 Å². The third-order valence-corrected chi connectivity index (χ3v) is 2.75. The monoisotopic (exact) mass is 186 g/mol. The first-order chi connectivity index (χ1) is 6.24. The maximum Gasteiger partial charge on any atom is 0.306 e. The molecule has 0 unspecified atom stereocenters. The minimum absolute atomic E-state index is 0.161. The summed E-state index contributed by atoms with van der Waals surface area (Å²) in [5.74, 6) is -0.354. The lowest BCUT2D eigenvalue weighted by Gasteiger charge is -2.24. The highest BCUT2D eigenvalue weighted by Gasteiger charge is 2.24. The molecule has 13 heavy (non-hydrogen) atoms. The molecule has 1 aliphatic carbocycles. The SMILES string of the molecule is O=C(O)C1CCC(CC=CF)CC1. The Morgan fingerprint density at radius 3 is 2.46 bits per heavy atom. The summed E-state index contributed by atoms with van der Waals surface area (Å²) in [6.45, 7) is 0. The molecule has 0 aromatic carbocycles. The number of aliphatic carboxylic acids is 1. The first-order valence-electron chi connectivity index (χ1n) is 4.72. The lowest BCUT2D eigenvalue weighted by Crippen LogP contribution is -2.21. The normalized spacial score (nSPS) is 29.3. The van der Waals surface area contributed by atoms with E-state index in [4.69, 9.17) is 5.11 Å². The van der Waals surface area contributed by atoms with Crippen LogP contribution in [0, 0.1) is 11.8 Å². The number of carbonyl (C=O) groups is 1. The third kappa shape index (κ3) is 3.17. The highest BCUT2D eigenvalue weighted by molar-refractivity contribution is 5.69. The maximum absolute atomic E-state index is 11.7. The van der Waals surface area contributed by atoms with Crippen molar-refractivity contribution in [2.24, 2.45) is 11.8 Å². The summed E-state index contributed by atoms with van der Waals surface area (Å²) in [6.07, 6.45) is 6.18. The standard InChI is InChI=1S/C10H15FO2/c11-7-1-2-8-3-5-9(6-4-8)10(12)13/h1,7-9H,2-6H2,(H,12,13). The summed E-state index contributed by atoms with van der Waals surface area (Å²) in [6, 6.07) is 0. The number of halogens is 1. The van der Waals surface area contributed by atoms with Crippen molar-refractivity contribution in [1.82, 2.24) is 0 Å². The van der Waals surface area contributed by atoms with Crippen LogP contribution in [-0.2, 0) is 4.79 Å². The van der Waals surface area contributed by atoms with E-state index in [1.807, 2.05) is 0 Å². The fourth-order valence-corrected chi connectivity index (χ4v) is 1.89. The zero-order chi connectivity index (χ0) is 9.68. The molecule has 0 heterocycles. The lowest BCUT2D eigenvalue weighted by molar-refractivity contribution is -0.143. The van der Waals surface area contributed by atoms with Gasteiger partial charge in [-0.25, -0.2) is 4.39 Å². The Labute approximate surface area is 77.4 Å². The van der Waals surface area contributed by atoms with Gasteiger partial charge in [-0.2, -0.15) is 0 Å². The fourth-order valence-electron chi connectivity index (χ4n) is 1.89. The van der Waals surface area contributed by atoms with E-state index in [2.05, 4.69) is 0 Å². The van der Waals surface area contributed by atoms with Gasteiger partial charge in [0.05, 0.1) is 12.2 Å². The van der Waals surface area contributed by atoms with Gasteiger partial charge in [0.2, 0.25) is 0 Å². The predicted octanol–water partition coefficient (Wildman–Crippen LogP) is 2.75. The Kier molecular flexibility index (Phi) is 3.93. The van der Waals surface area contributed by atoms with Gasteiger partial charge in [0.15, 0.2) is 0 Å². The van der Waals surface area contributed by atoms with E-state index in [9.17, 15) is 9.18 Å². The zero-order valence-corrected chi connectivity index (χ0v) is 7.58. The molecule has 0 spiro atoms. The van der Waals surface area contributed by atoms with Crippen LogP contribution in [0.2, 0.25) is 0 Å². The molecule has 74 valence electrons. The van der Waals surface area contributed by atoms with Crippen LogP contribution in [0.1, 0.15) is 32.1 Å². The van der Waals surface area contributed by atoms with Gasteiger partial charge in [-0.3, -0.25) is 4.79 Å². The van der Waals surface area contributed by atoms with Crippen molar-refractivity contribution < 1.29 is 14.3 Å². The molecule has 0 aromatic heterocycles. The molecule has 1 fully saturated rings. The Morgan fingerprint density at radius 1 is 1.38 bits per heavy atom. The molecule has 1 saturated carbocycles. The molecule has 0 bridgehead atoms. The van der Waals surface area contributed by atoms with Gasteiger partial charge < -0.3 is 5.11 Å². The first-order valence-corrected chi connectivity index (χ1v) is 4.72. The molecule has 0 saturated heterocycles. The molecule has 1 rings (SSSR count). The summed E-state index contributed by atoms with van der Waals surface area (Å²) in [4.78, 5) is 10.6. The second-order valence-electron chi connectivity index (χ2n) is 3.65. The smallest absolute Gasteiger partial charge is 0.306 e. The van der Waals surface area contributed by atoms with Crippen LogP contribution in [0.4, 0.5) is 4.39 Å². The molecule has 1 aliphatic rings. The topological polar surface area (TPSA) is 37.3 Å². The molecular formula is C10H15FO2. The average molecular weight is 186 g/mol. The third-order valence-electron chi connectivity index (χ3n) is 2.75. The van der Waals surface area contributed by atoms with E-state index >= 15 is 0 Å². The van der Waals surface area contributed by atoms with Crippen molar-refractivity contribution in [3.63, 3.8) is 0 Å². The second-order valence-corrected chi connectivity index (χ2v) is 3.65. The Morgan fingerprint density at radius 2 is 2.00 bits per heavy atom. The van der Waals surface area contributed by atoms with Gasteiger partial charge in [0, 0.05) is 0 Å². The van der Waals surface area contributed by atoms with E-state index in [0.29, 0.717) is 12.2 Å². The van der Waals surface area contributed by atoms with Crippen LogP contribution >= 0.6 is 0 Å². The predicted molar refractivity (Wildman–Crippen MR) is 47.9 cm³/mol. The summed E-state index contributed by atoms with van der Waals surface area (Å²) in [5.41, 5.74) is 0. The highest BCUT2D eigenvalue weighted by Crippen LogP contribution is 2.30. The molecular weight excluding hydrogens is 171 g/mol. The fraction of sp³-hybridized carbons (Fsp3) is 0.700. The van der Waals surface area contributed by atoms with Gasteiger partial charge in [-0.05, 0) is 38.0 Å². The van der Waals surface area contributed by atoms with Gasteiger partial charge in [-0.1, -0.05) is 6.08 Å². The van der Waals surface area contributed by atoms with Crippen molar-refractivity contribution in [3.8, 4) is 0 Å². The maximum atomic E-state index is 11.7. The minimum atomic E-state index is -0.681. The molecule has 0 radical (unpaired) electrons. The Hall–Kier alpha value is -0.860. The molecule has 3 heteroatoms. The van der Waals surface area contributed by atoms with Crippen LogP contribution in [0.5, 0.6) is 0 Å². The molecule has 0 amide bonds. The van der Waals surface area contributed by atoms with Crippen molar-refractivity contribution in [2.75, 3.05) is 0 Å². The van der Waals surface area contributed by atoms with Crippen molar-refractivity contribution >= 4 is 5.97 Å². The number of rotatable bonds is 3. The van der Waals surface area contributed by atoms with E-state index in [1.165, 1.54) is 6.08 Å². The summed E-state index contributed by atoms with van der Waals surface area (Å²) >= 11 is 0. The Balaban J connectivity index is 2.26. The van der Waals surface area contributed by atoms with Gasteiger partial charge in [0.1, 0.15) is 0 Å². The van der Waals surface area contributed by atoms with Crippen LogP contribution in [0.15, 0.2) is 12.4 Å². The molecule has 0 atom stereocenters. The Bertz CT molecular complexity index is 193. The average Bonchev–Trinajstić information content (AvgIpc) is 2.15. The lowest BCUT2D eigenvalue weighted by atomic mass is 9.81. The number of hydrogen-bond acceptors (Lipinski definition) is 1. The second kappa shape index (κ2) is 5.00. The van der Waals surface area contributed by atoms with E-state index in [0.717, 1.165) is 32.1 Å². The van der Waals surface area contributed by atoms with E-state index in [1.54, 1.807) is 0 Å². The van der Waals surface area contributed by atoms with Gasteiger partial charge >= 0.3 is 5.97 Å². The van der Waals surface area contributed by atoms with Gasteiger partial charge in [0.25, 0.3) is 0 Å². The van der Waals surface area contributed by atoms with Crippen molar-refractivity contribution in [3.05, 3.63) is 12.4 Å². The quantitative estimate of drug-likeness (QED) is 0.735. The molecule has 1 N–H and O–H groups in total. The summed E-state index contributed by atoms with van der Waals surface area (Å²) < 4.78 is 11.7. The van der Waals surface area contributed by atoms with Crippen LogP contribution < -0.4 is 0 Å². The molecule has 0 aromatic rings. The van der Waals surface area contributed by atoms with Crippen LogP contribution in [0.3, 0.4) is 0 Å². The molecule has 2 nitrogen and oxygen atoms in total. The summed E-state index contributed by atoms with van der Waals surface area (Å²) in [7, 11) is 0.